The summed E-state index contributed by atoms with van der Waals surface area (Å²) in [5.41, 5.74) is 4.52. The topological polar surface area (TPSA) is 41.8 Å². The Hall–Kier alpha value is -1.49. The van der Waals surface area contributed by atoms with E-state index in [9.17, 15) is 13.2 Å². The minimum Gasteiger partial charge on any atom is -0.361 e. The van der Waals surface area contributed by atoms with E-state index >= 15 is 0 Å². The van der Waals surface area contributed by atoms with Crippen LogP contribution in [0.15, 0.2) is 24.4 Å². The predicted molar refractivity (Wildman–Crippen MR) is 53.7 cm³/mol. The average molecular weight is 226 g/mol. The van der Waals surface area contributed by atoms with Crippen LogP contribution in [-0.2, 0) is 5.54 Å². The molecule has 1 fully saturated rings. The normalized spacial score (nSPS) is 27.2. The van der Waals surface area contributed by atoms with Crippen LogP contribution in [-0.4, -0.2) is 10.9 Å². The predicted octanol–water partition coefficient (Wildman–Crippen LogP) is 2.50. The van der Waals surface area contributed by atoms with Crippen LogP contribution in [0.4, 0.5) is 13.2 Å². The molecule has 1 aromatic carbocycles. The second-order valence-corrected chi connectivity index (χ2v) is 4.22. The summed E-state index contributed by atoms with van der Waals surface area (Å²) >= 11 is 0. The van der Waals surface area contributed by atoms with Crippen LogP contribution in [0.3, 0.4) is 0 Å². The van der Waals surface area contributed by atoms with Crippen molar-refractivity contribution < 1.29 is 13.2 Å². The number of H-pyrrole nitrogens is 1. The monoisotopic (exact) mass is 226 g/mol. The molecule has 1 aromatic heterocycles. The van der Waals surface area contributed by atoms with E-state index in [0.29, 0.717) is 5.52 Å². The number of nitrogens with two attached hydrogens (primary N) is 1. The van der Waals surface area contributed by atoms with Crippen LogP contribution in [0.25, 0.3) is 10.9 Å². The molecule has 5 heteroatoms. The molecule has 84 valence electrons. The highest BCUT2D eigenvalue weighted by molar-refractivity contribution is 5.85. The molecular weight excluding hydrogens is 217 g/mol. The third-order valence-corrected chi connectivity index (χ3v) is 3.16. The zero-order valence-electron chi connectivity index (χ0n) is 8.23. The quantitative estimate of drug-likeness (QED) is 0.770. The molecule has 1 saturated carbocycles. The number of rotatable bonds is 1. The number of hydrogen-bond donors (Lipinski definition) is 2. The first kappa shape index (κ1) is 9.72. The Balaban J connectivity index is 2.27. The lowest BCUT2D eigenvalue weighted by atomic mass is 10.0. The van der Waals surface area contributed by atoms with Crippen molar-refractivity contribution in [3.8, 4) is 0 Å². The lowest BCUT2D eigenvalue weighted by Gasteiger charge is -2.09. The number of halogens is 3. The van der Waals surface area contributed by atoms with E-state index in [0.717, 1.165) is 0 Å². The first-order valence-electron chi connectivity index (χ1n) is 4.88. The van der Waals surface area contributed by atoms with Crippen molar-refractivity contribution in [1.29, 1.82) is 0 Å². The summed E-state index contributed by atoms with van der Waals surface area (Å²) < 4.78 is 39.9. The summed E-state index contributed by atoms with van der Waals surface area (Å²) in [4.78, 5) is 2.76. The van der Waals surface area contributed by atoms with Crippen LogP contribution in [0, 0.1) is 5.82 Å². The molecule has 0 bridgehead atoms. The van der Waals surface area contributed by atoms with E-state index in [2.05, 4.69) is 4.98 Å². The van der Waals surface area contributed by atoms with Gasteiger partial charge in [0.05, 0.1) is 0 Å². The van der Waals surface area contributed by atoms with Crippen LogP contribution < -0.4 is 5.73 Å². The van der Waals surface area contributed by atoms with Gasteiger partial charge in [-0.05, 0) is 12.1 Å². The minimum absolute atomic E-state index is 0.158. The molecule has 0 amide bonds. The van der Waals surface area contributed by atoms with Crippen molar-refractivity contribution in [1.82, 2.24) is 4.98 Å². The fourth-order valence-corrected chi connectivity index (χ4v) is 2.09. The summed E-state index contributed by atoms with van der Waals surface area (Å²) in [6.45, 7) is 0. The fraction of sp³-hybridized carbons (Fsp3) is 0.273. The molecule has 2 nitrogen and oxygen atoms in total. The van der Waals surface area contributed by atoms with Gasteiger partial charge in [0.15, 0.2) is 0 Å². The smallest absolute Gasteiger partial charge is 0.272 e. The van der Waals surface area contributed by atoms with E-state index in [1.165, 1.54) is 18.3 Å². The molecule has 0 radical (unpaired) electrons. The van der Waals surface area contributed by atoms with Crippen LogP contribution in [0.5, 0.6) is 0 Å². The Morgan fingerprint density at radius 3 is 2.62 bits per heavy atom. The largest absolute Gasteiger partial charge is 0.361 e. The van der Waals surface area contributed by atoms with Crippen LogP contribution >= 0.6 is 0 Å². The Labute approximate surface area is 89.2 Å². The molecule has 1 atom stereocenters. The summed E-state index contributed by atoms with van der Waals surface area (Å²) in [5, 5.41) is 0.169. The number of aromatic nitrogens is 1. The summed E-state index contributed by atoms with van der Waals surface area (Å²) in [7, 11) is 0. The molecular formula is C11H9F3N2. The maximum atomic E-state index is 13.6. The standard InChI is InChI=1S/C11H9F3N2/c12-7-2-1-3-8-9(7)6(4-16-8)10(15)5-11(10,13)14/h1-4,16H,5,15H2. The van der Waals surface area contributed by atoms with E-state index in [4.69, 9.17) is 5.73 Å². The van der Waals surface area contributed by atoms with Gasteiger partial charge in [0.25, 0.3) is 5.92 Å². The second-order valence-electron chi connectivity index (χ2n) is 4.22. The number of aromatic amines is 1. The maximum absolute atomic E-state index is 13.6. The number of benzene rings is 1. The molecule has 1 unspecified atom stereocenters. The van der Waals surface area contributed by atoms with Gasteiger partial charge in [-0.15, -0.1) is 0 Å². The Morgan fingerprint density at radius 2 is 2.00 bits per heavy atom. The molecule has 1 heterocycles. The van der Waals surface area contributed by atoms with Crippen LogP contribution in [0.1, 0.15) is 12.0 Å². The van der Waals surface area contributed by atoms with Gasteiger partial charge in [0.2, 0.25) is 0 Å². The van der Waals surface area contributed by atoms with Gasteiger partial charge in [-0.1, -0.05) is 6.07 Å². The second kappa shape index (κ2) is 2.60. The third kappa shape index (κ3) is 1.01. The van der Waals surface area contributed by atoms with Gasteiger partial charge in [0.1, 0.15) is 11.4 Å². The van der Waals surface area contributed by atoms with Crippen molar-refractivity contribution in [2.75, 3.05) is 0 Å². The molecule has 0 aliphatic heterocycles. The minimum atomic E-state index is -2.94. The number of fused-ring (bicyclic) bond motifs is 1. The van der Waals surface area contributed by atoms with E-state index in [1.54, 1.807) is 6.07 Å². The molecule has 0 spiro atoms. The molecule has 3 N–H and O–H groups in total. The fourth-order valence-electron chi connectivity index (χ4n) is 2.09. The summed E-state index contributed by atoms with van der Waals surface area (Å²) in [5.74, 6) is -3.47. The molecule has 2 aromatic rings. The average Bonchev–Trinajstić information content (AvgIpc) is 2.62. The van der Waals surface area contributed by atoms with Crippen molar-refractivity contribution in [2.24, 2.45) is 5.73 Å². The lowest BCUT2D eigenvalue weighted by molar-refractivity contribution is 0.0894. The Morgan fingerprint density at radius 1 is 1.31 bits per heavy atom. The maximum Gasteiger partial charge on any atom is 0.272 e. The SMILES string of the molecule is NC1(c2c[nH]c3cccc(F)c23)CC1(F)F. The van der Waals surface area contributed by atoms with Gasteiger partial charge in [-0.2, -0.15) is 0 Å². The van der Waals surface area contributed by atoms with Gasteiger partial charge in [-0.3, -0.25) is 0 Å². The molecule has 16 heavy (non-hydrogen) atoms. The van der Waals surface area contributed by atoms with E-state index in [-0.39, 0.29) is 10.9 Å². The highest BCUT2D eigenvalue weighted by Gasteiger charge is 2.70. The van der Waals surface area contributed by atoms with Gasteiger partial charge in [-0.25, -0.2) is 13.2 Å². The van der Waals surface area contributed by atoms with Crippen molar-refractivity contribution >= 4 is 10.9 Å². The summed E-state index contributed by atoms with van der Waals surface area (Å²) in [6, 6.07) is 4.39. The van der Waals surface area contributed by atoms with E-state index in [1.807, 2.05) is 0 Å². The third-order valence-electron chi connectivity index (χ3n) is 3.16. The van der Waals surface area contributed by atoms with Crippen molar-refractivity contribution in [3.05, 3.63) is 35.8 Å². The van der Waals surface area contributed by atoms with Gasteiger partial charge >= 0.3 is 0 Å². The number of nitrogens with one attached hydrogen (secondary N) is 1. The summed E-state index contributed by atoms with van der Waals surface area (Å²) in [6.07, 6.45) is 0.940. The highest BCUT2D eigenvalue weighted by Crippen LogP contribution is 2.58. The number of alkyl halides is 2. The first-order chi connectivity index (χ1) is 7.46. The zero-order chi connectivity index (χ0) is 11.6. The molecule has 1 aliphatic carbocycles. The van der Waals surface area contributed by atoms with Crippen LogP contribution in [0.2, 0.25) is 0 Å². The lowest BCUT2D eigenvalue weighted by Crippen LogP contribution is -2.26. The van der Waals surface area contributed by atoms with E-state index < -0.39 is 23.7 Å². The zero-order valence-corrected chi connectivity index (χ0v) is 8.23. The van der Waals surface area contributed by atoms with Crippen molar-refractivity contribution in [3.63, 3.8) is 0 Å². The van der Waals surface area contributed by atoms with Gasteiger partial charge in [0, 0.05) is 29.1 Å². The highest BCUT2D eigenvalue weighted by atomic mass is 19.3. The molecule has 0 saturated heterocycles. The Bertz CT molecular complexity index is 576. The Kier molecular flexibility index (Phi) is 1.58. The number of hydrogen-bond acceptors (Lipinski definition) is 1. The first-order valence-corrected chi connectivity index (χ1v) is 4.88. The molecule has 1 aliphatic rings. The van der Waals surface area contributed by atoms with Crippen molar-refractivity contribution in [2.45, 2.75) is 17.9 Å². The van der Waals surface area contributed by atoms with Gasteiger partial charge < -0.3 is 10.7 Å². The molecule has 3 rings (SSSR count).